The van der Waals surface area contributed by atoms with Gasteiger partial charge in [0.05, 0.1) is 6.10 Å². The minimum absolute atomic E-state index is 0. The molecule has 17 heavy (non-hydrogen) atoms. The SMILES string of the molecule is C.O[C@H]1CC[C@H]2CN(Cc3ccccc3)C[C@H]21. The van der Waals surface area contributed by atoms with Gasteiger partial charge >= 0.3 is 0 Å². The summed E-state index contributed by atoms with van der Waals surface area (Å²) in [5, 5.41) is 9.86. The number of likely N-dealkylation sites (tertiary alicyclic amines) is 1. The summed E-state index contributed by atoms with van der Waals surface area (Å²) in [7, 11) is 0. The Kier molecular flexibility index (Phi) is 3.85. The highest BCUT2D eigenvalue weighted by molar-refractivity contribution is 5.15. The fourth-order valence-electron chi connectivity index (χ4n) is 3.30. The number of nitrogens with zero attached hydrogens (tertiary/aromatic N) is 1. The van der Waals surface area contributed by atoms with E-state index in [0.29, 0.717) is 5.92 Å². The van der Waals surface area contributed by atoms with Crippen molar-refractivity contribution in [2.45, 2.75) is 32.9 Å². The lowest BCUT2D eigenvalue weighted by atomic mass is 10.00. The summed E-state index contributed by atoms with van der Waals surface area (Å²) in [4.78, 5) is 2.49. The minimum Gasteiger partial charge on any atom is -0.393 e. The van der Waals surface area contributed by atoms with E-state index >= 15 is 0 Å². The molecule has 0 unspecified atom stereocenters. The lowest BCUT2D eigenvalue weighted by Crippen LogP contribution is -2.24. The maximum Gasteiger partial charge on any atom is 0.0583 e. The quantitative estimate of drug-likeness (QED) is 0.848. The van der Waals surface area contributed by atoms with Crippen molar-refractivity contribution >= 4 is 0 Å². The Bertz CT molecular complexity index is 351. The van der Waals surface area contributed by atoms with Crippen molar-refractivity contribution in [2.75, 3.05) is 13.1 Å². The zero-order chi connectivity index (χ0) is 11.0. The zero-order valence-corrected chi connectivity index (χ0v) is 9.55. The smallest absolute Gasteiger partial charge is 0.0583 e. The molecule has 1 aromatic carbocycles. The second-order valence-corrected chi connectivity index (χ2v) is 5.25. The van der Waals surface area contributed by atoms with E-state index in [0.717, 1.165) is 25.4 Å². The van der Waals surface area contributed by atoms with E-state index < -0.39 is 0 Å². The van der Waals surface area contributed by atoms with Gasteiger partial charge < -0.3 is 5.11 Å². The second kappa shape index (κ2) is 5.19. The molecule has 0 aromatic heterocycles. The molecule has 1 aromatic rings. The van der Waals surface area contributed by atoms with Gasteiger partial charge in [0.2, 0.25) is 0 Å². The van der Waals surface area contributed by atoms with Crippen LogP contribution in [0.3, 0.4) is 0 Å². The van der Waals surface area contributed by atoms with Gasteiger partial charge in [-0.1, -0.05) is 37.8 Å². The molecule has 3 rings (SSSR count). The van der Waals surface area contributed by atoms with Crippen LogP contribution < -0.4 is 0 Å². The van der Waals surface area contributed by atoms with Crippen molar-refractivity contribution < 1.29 is 5.11 Å². The Hall–Kier alpha value is -0.860. The van der Waals surface area contributed by atoms with Crippen molar-refractivity contribution in [3.8, 4) is 0 Å². The van der Waals surface area contributed by atoms with E-state index in [1.54, 1.807) is 0 Å². The lowest BCUT2D eigenvalue weighted by molar-refractivity contribution is 0.123. The summed E-state index contributed by atoms with van der Waals surface area (Å²) in [6, 6.07) is 10.6. The van der Waals surface area contributed by atoms with E-state index in [4.69, 9.17) is 0 Å². The Morgan fingerprint density at radius 1 is 1.12 bits per heavy atom. The number of fused-ring (bicyclic) bond motifs is 1. The van der Waals surface area contributed by atoms with Crippen LogP contribution in [0.15, 0.2) is 30.3 Å². The summed E-state index contributed by atoms with van der Waals surface area (Å²) in [6.07, 6.45) is 2.21. The van der Waals surface area contributed by atoms with E-state index in [1.165, 1.54) is 18.5 Å². The third-order valence-electron chi connectivity index (χ3n) is 4.14. The molecule has 0 amide bonds. The molecular formula is C15H23NO. The highest BCUT2D eigenvalue weighted by Gasteiger charge is 2.41. The average molecular weight is 233 g/mol. The first-order valence-electron chi connectivity index (χ1n) is 6.27. The first-order valence-corrected chi connectivity index (χ1v) is 6.27. The molecule has 2 aliphatic rings. The molecule has 1 aliphatic carbocycles. The number of hydrogen-bond donors (Lipinski definition) is 1. The van der Waals surface area contributed by atoms with Gasteiger partial charge in [-0.2, -0.15) is 0 Å². The molecule has 0 radical (unpaired) electrons. The van der Waals surface area contributed by atoms with Crippen LogP contribution in [0.25, 0.3) is 0 Å². The first kappa shape index (κ1) is 12.6. The van der Waals surface area contributed by atoms with E-state index in [1.807, 2.05) is 0 Å². The Morgan fingerprint density at radius 2 is 1.88 bits per heavy atom. The van der Waals surface area contributed by atoms with Gasteiger partial charge in [0.15, 0.2) is 0 Å². The van der Waals surface area contributed by atoms with Crippen LogP contribution in [-0.4, -0.2) is 29.2 Å². The zero-order valence-electron chi connectivity index (χ0n) is 9.55. The van der Waals surface area contributed by atoms with Crippen molar-refractivity contribution in [1.82, 2.24) is 4.90 Å². The molecule has 1 saturated carbocycles. The molecule has 2 fully saturated rings. The summed E-state index contributed by atoms with van der Waals surface area (Å²) in [5.41, 5.74) is 1.39. The molecule has 0 bridgehead atoms. The van der Waals surface area contributed by atoms with Gasteiger partial charge in [-0.15, -0.1) is 0 Å². The van der Waals surface area contributed by atoms with Crippen molar-refractivity contribution in [3.63, 3.8) is 0 Å². The van der Waals surface area contributed by atoms with Crippen LogP contribution in [0.1, 0.15) is 25.8 Å². The van der Waals surface area contributed by atoms with Crippen LogP contribution in [0.2, 0.25) is 0 Å². The third kappa shape index (κ3) is 2.53. The van der Waals surface area contributed by atoms with Gasteiger partial charge in [0.25, 0.3) is 0 Å². The topological polar surface area (TPSA) is 23.5 Å². The maximum absolute atomic E-state index is 9.86. The summed E-state index contributed by atoms with van der Waals surface area (Å²) in [5.74, 6) is 1.29. The molecule has 2 heteroatoms. The average Bonchev–Trinajstić information content (AvgIpc) is 2.83. The van der Waals surface area contributed by atoms with Crippen LogP contribution in [0.5, 0.6) is 0 Å². The maximum atomic E-state index is 9.86. The second-order valence-electron chi connectivity index (χ2n) is 5.25. The van der Waals surface area contributed by atoms with E-state index in [2.05, 4.69) is 35.2 Å². The minimum atomic E-state index is -0.0363. The molecule has 94 valence electrons. The van der Waals surface area contributed by atoms with E-state index in [9.17, 15) is 5.11 Å². The van der Waals surface area contributed by atoms with Crippen molar-refractivity contribution in [2.24, 2.45) is 11.8 Å². The van der Waals surface area contributed by atoms with Crippen LogP contribution in [0, 0.1) is 11.8 Å². The lowest BCUT2D eigenvalue weighted by Gasteiger charge is -2.17. The van der Waals surface area contributed by atoms with Gasteiger partial charge in [-0.3, -0.25) is 4.90 Å². The fraction of sp³-hybridized carbons (Fsp3) is 0.600. The Morgan fingerprint density at radius 3 is 2.59 bits per heavy atom. The van der Waals surface area contributed by atoms with Gasteiger partial charge in [-0.25, -0.2) is 0 Å². The van der Waals surface area contributed by atoms with Gasteiger partial charge in [0, 0.05) is 25.6 Å². The van der Waals surface area contributed by atoms with Gasteiger partial charge in [0.1, 0.15) is 0 Å². The first-order chi connectivity index (χ1) is 7.83. The normalized spacial score (nSPS) is 32.2. The molecule has 3 atom stereocenters. The molecule has 1 N–H and O–H groups in total. The molecule has 0 spiro atoms. The molecule has 1 aliphatic heterocycles. The predicted octanol–water partition coefficient (Wildman–Crippen LogP) is 2.53. The predicted molar refractivity (Wildman–Crippen MR) is 70.7 cm³/mol. The fourth-order valence-corrected chi connectivity index (χ4v) is 3.30. The Labute approximate surface area is 104 Å². The molecular weight excluding hydrogens is 210 g/mol. The monoisotopic (exact) mass is 233 g/mol. The summed E-state index contributed by atoms with van der Waals surface area (Å²) >= 11 is 0. The van der Waals surface area contributed by atoms with Gasteiger partial charge in [-0.05, 0) is 24.3 Å². The highest BCUT2D eigenvalue weighted by atomic mass is 16.3. The van der Waals surface area contributed by atoms with E-state index in [-0.39, 0.29) is 13.5 Å². The number of aliphatic hydroxyl groups excluding tert-OH is 1. The Balaban J connectivity index is 0.00000108. The van der Waals surface area contributed by atoms with Crippen molar-refractivity contribution in [1.29, 1.82) is 0 Å². The largest absolute Gasteiger partial charge is 0.393 e. The number of rotatable bonds is 2. The number of hydrogen-bond acceptors (Lipinski definition) is 2. The molecule has 2 nitrogen and oxygen atoms in total. The number of benzene rings is 1. The van der Waals surface area contributed by atoms with Crippen LogP contribution >= 0.6 is 0 Å². The molecule has 1 saturated heterocycles. The molecule has 1 heterocycles. The van der Waals surface area contributed by atoms with Crippen molar-refractivity contribution in [3.05, 3.63) is 35.9 Å². The van der Waals surface area contributed by atoms with Crippen LogP contribution in [0.4, 0.5) is 0 Å². The summed E-state index contributed by atoms with van der Waals surface area (Å²) < 4.78 is 0. The highest BCUT2D eigenvalue weighted by Crippen LogP contribution is 2.38. The number of aliphatic hydroxyl groups is 1. The van der Waals surface area contributed by atoms with Crippen LogP contribution in [-0.2, 0) is 6.54 Å². The summed E-state index contributed by atoms with van der Waals surface area (Å²) in [6.45, 7) is 3.30. The third-order valence-corrected chi connectivity index (χ3v) is 4.14. The standard InChI is InChI=1S/C14H19NO.CH4/c16-14-7-6-12-9-15(10-13(12)14)8-11-4-2-1-3-5-11;/h1-5,12-14,16H,6-10H2;1H4/t12-,13+,14-;/m0./s1.